The maximum absolute atomic E-state index is 6.17. The van der Waals surface area contributed by atoms with E-state index in [1.165, 1.54) is 4.88 Å². The van der Waals surface area contributed by atoms with Gasteiger partial charge in [-0.05, 0) is 19.4 Å². The Hall–Kier alpha value is -0.580. The standard InChI is InChI=1S/C12H13ClN2S2/c1-4-8-5-9-10(13)14-12(15-11(9)17-8)16-6-7(2)3/h5H,2,4,6H2,1,3H3. The van der Waals surface area contributed by atoms with Crippen molar-refractivity contribution in [1.82, 2.24) is 9.97 Å². The van der Waals surface area contributed by atoms with Gasteiger partial charge >= 0.3 is 0 Å². The summed E-state index contributed by atoms with van der Waals surface area (Å²) in [6, 6.07) is 2.08. The number of fused-ring (bicyclic) bond motifs is 1. The third-order valence-corrected chi connectivity index (χ3v) is 4.71. The Labute approximate surface area is 114 Å². The van der Waals surface area contributed by atoms with Gasteiger partial charge in [-0.3, -0.25) is 0 Å². The lowest BCUT2D eigenvalue weighted by Gasteiger charge is -2.00. The number of halogens is 1. The van der Waals surface area contributed by atoms with Crippen molar-refractivity contribution in [2.75, 3.05) is 5.75 Å². The van der Waals surface area contributed by atoms with E-state index in [0.29, 0.717) is 5.15 Å². The maximum atomic E-state index is 6.17. The van der Waals surface area contributed by atoms with Crippen LogP contribution in [0.4, 0.5) is 0 Å². The highest BCUT2D eigenvalue weighted by molar-refractivity contribution is 7.99. The summed E-state index contributed by atoms with van der Waals surface area (Å²) in [4.78, 5) is 11.1. The average molecular weight is 285 g/mol. The number of hydrogen-bond acceptors (Lipinski definition) is 4. The van der Waals surface area contributed by atoms with Gasteiger partial charge < -0.3 is 0 Å². The van der Waals surface area contributed by atoms with E-state index in [-0.39, 0.29) is 0 Å². The van der Waals surface area contributed by atoms with Crippen LogP contribution >= 0.6 is 34.7 Å². The molecule has 0 fully saturated rings. The van der Waals surface area contributed by atoms with E-state index in [1.807, 2.05) is 6.92 Å². The van der Waals surface area contributed by atoms with Gasteiger partial charge in [0.2, 0.25) is 0 Å². The van der Waals surface area contributed by atoms with Crippen LogP contribution in [0.5, 0.6) is 0 Å². The maximum Gasteiger partial charge on any atom is 0.190 e. The number of aromatic nitrogens is 2. The third kappa shape index (κ3) is 3.00. The van der Waals surface area contributed by atoms with Gasteiger partial charge in [0.15, 0.2) is 5.16 Å². The summed E-state index contributed by atoms with van der Waals surface area (Å²) in [6.07, 6.45) is 1.01. The van der Waals surface area contributed by atoms with E-state index >= 15 is 0 Å². The van der Waals surface area contributed by atoms with Crippen LogP contribution in [0.2, 0.25) is 5.15 Å². The molecule has 0 atom stereocenters. The molecule has 0 aliphatic carbocycles. The summed E-state index contributed by atoms with van der Waals surface area (Å²) in [7, 11) is 0. The van der Waals surface area contributed by atoms with Crippen molar-refractivity contribution < 1.29 is 0 Å². The van der Waals surface area contributed by atoms with Crippen molar-refractivity contribution in [3.05, 3.63) is 28.2 Å². The molecule has 0 aliphatic heterocycles. The predicted octanol–water partition coefficient (Wildman–Crippen LogP) is 4.58. The highest BCUT2D eigenvalue weighted by Crippen LogP contribution is 2.31. The van der Waals surface area contributed by atoms with E-state index in [4.69, 9.17) is 11.6 Å². The van der Waals surface area contributed by atoms with Crippen LogP contribution in [0.3, 0.4) is 0 Å². The van der Waals surface area contributed by atoms with Crippen LogP contribution in [-0.2, 0) is 6.42 Å². The fourth-order valence-electron chi connectivity index (χ4n) is 1.34. The van der Waals surface area contributed by atoms with E-state index < -0.39 is 0 Å². The zero-order valence-electron chi connectivity index (χ0n) is 9.79. The normalized spacial score (nSPS) is 11.0. The Morgan fingerprint density at radius 2 is 2.29 bits per heavy atom. The molecule has 2 heterocycles. The van der Waals surface area contributed by atoms with Crippen LogP contribution < -0.4 is 0 Å². The van der Waals surface area contributed by atoms with Gasteiger partial charge in [-0.15, -0.1) is 11.3 Å². The van der Waals surface area contributed by atoms with Crippen LogP contribution in [0.1, 0.15) is 18.7 Å². The van der Waals surface area contributed by atoms with E-state index in [1.54, 1.807) is 23.1 Å². The van der Waals surface area contributed by atoms with Crippen LogP contribution in [0.15, 0.2) is 23.4 Å². The van der Waals surface area contributed by atoms with Gasteiger partial charge in [-0.1, -0.05) is 42.4 Å². The number of thiophene rings is 1. The first-order chi connectivity index (χ1) is 8.10. The molecule has 0 amide bonds. The number of aryl methyl sites for hydroxylation is 1. The van der Waals surface area contributed by atoms with Crippen LogP contribution in [-0.4, -0.2) is 15.7 Å². The molecule has 90 valence electrons. The lowest BCUT2D eigenvalue weighted by molar-refractivity contribution is 1.01. The van der Waals surface area contributed by atoms with Crippen molar-refractivity contribution in [1.29, 1.82) is 0 Å². The first-order valence-electron chi connectivity index (χ1n) is 5.33. The average Bonchev–Trinajstić information content (AvgIpc) is 2.70. The smallest absolute Gasteiger partial charge is 0.190 e. The quantitative estimate of drug-likeness (QED) is 0.356. The first kappa shape index (κ1) is 12.9. The largest absolute Gasteiger partial charge is 0.211 e. The summed E-state index contributed by atoms with van der Waals surface area (Å²) in [6.45, 7) is 7.99. The molecule has 0 radical (unpaired) electrons. The van der Waals surface area contributed by atoms with Gasteiger partial charge in [0, 0.05) is 16.0 Å². The Balaban J connectivity index is 2.36. The summed E-state index contributed by atoms with van der Waals surface area (Å²) < 4.78 is 0. The molecule has 0 unspecified atom stereocenters. The molecule has 5 heteroatoms. The van der Waals surface area contributed by atoms with E-state index in [9.17, 15) is 0 Å². The topological polar surface area (TPSA) is 25.8 Å². The molecule has 0 aromatic carbocycles. The second kappa shape index (κ2) is 5.38. The van der Waals surface area contributed by atoms with Crippen molar-refractivity contribution in [3.63, 3.8) is 0 Å². The van der Waals surface area contributed by atoms with Crippen molar-refractivity contribution in [2.45, 2.75) is 25.4 Å². The molecule has 2 aromatic rings. The Morgan fingerprint density at radius 1 is 1.53 bits per heavy atom. The molecular weight excluding hydrogens is 272 g/mol. The second-order valence-corrected chi connectivity index (χ2v) is 6.24. The van der Waals surface area contributed by atoms with Crippen molar-refractivity contribution in [2.24, 2.45) is 0 Å². The Bertz CT molecular complexity index is 563. The zero-order chi connectivity index (χ0) is 12.4. The number of hydrogen-bond donors (Lipinski definition) is 0. The Kier molecular flexibility index (Phi) is 4.07. The van der Waals surface area contributed by atoms with E-state index in [2.05, 4.69) is 29.5 Å². The summed E-state index contributed by atoms with van der Waals surface area (Å²) in [5.41, 5.74) is 1.11. The van der Waals surface area contributed by atoms with Crippen molar-refractivity contribution >= 4 is 44.9 Å². The molecule has 2 aromatic heterocycles. The summed E-state index contributed by atoms with van der Waals surface area (Å²) >= 11 is 9.43. The minimum absolute atomic E-state index is 0.551. The minimum Gasteiger partial charge on any atom is -0.211 e. The highest BCUT2D eigenvalue weighted by atomic mass is 35.5. The summed E-state index contributed by atoms with van der Waals surface area (Å²) in [5.74, 6) is 0.827. The number of thioether (sulfide) groups is 1. The molecule has 0 saturated carbocycles. The molecule has 0 saturated heterocycles. The lowest BCUT2D eigenvalue weighted by Crippen LogP contribution is -1.89. The SMILES string of the molecule is C=C(C)CSc1nc(Cl)c2cc(CC)sc2n1. The van der Waals surface area contributed by atoms with Crippen LogP contribution in [0.25, 0.3) is 10.2 Å². The molecule has 2 nitrogen and oxygen atoms in total. The van der Waals surface area contributed by atoms with Crippen molar-refractivity contribution in [3.8, 4) is 0 Å². The van der Waals surface area contributed by atoms with Gasteiger partial charge in [-0.2, -0.15) is 0 Å². The van der Waals surface area contributed by atoms with Gasteiger partial charge in [0.1, 0.15) is 9.98 Å². The monoisotopic (exact) mass is 284 g/mol. The predicted molar refractivity (Wildman–Crippen MR) is 77.3 cm³/mol. The van der Waals surface area contributed by atoms with Gasteiger partial charge in [0.05, 0.1) is 0 Å². The fourth-order valence-corrected chi connectivity index (χ4v) is 3.39. The minimum atomic E-state index is 0.551. The highest BCUT2D eigenvalue weighted by Gasteiger charge is 2.10. The molecule has 2 rings (SSSR count). The number of rotatable bonds is 4. The molecule has 17 heavy (non-hydrogen) atoms. The van der Waals surface area contributed by atoms with Gasteiger partial charge in [-0.25, -0.2) is 9.97 Å². The first-order valence-corrected chi connectivity index (χ1v) is 7.51. The summed E-state index contributed by atoms with van der Waals surface area (Å²) in [5, 5.41) is 2.25. The van der Waals surface area contributed by atoms with Gasteiger partial charge in [0.25, 0.3) is 0 Å². The van der Waals surface area contributed by atoms with Crippen LogP contribution in [0, 0.1) is 0 Å². The zero-order valence-corrected chi connectivity index (χ0v) is 12.2. The Morgan fingerprint density at radius 3 is 2.94 bits per heavy atom. The molecular formula is C12H13ClN2S2. The number of nitrogens with zero attached hydrogens (tertiary/aromatic N) is 2. The molecule has 0 bridgehead atoms. The molecule has 0 N–H and O–H groups in total. The second-order valence-electron chi connectivity index (χ2n) is 3.83. The molecule has 0 aliphatic rings. The molecule has 0 spiro atoms. The lowest BCUT2D eigenvalue weighted by atomic mass is 10.3. The fraction of sp³-hybridized carbons (Fsp3) is 0.333. The van der Waals surface area contributed by atoms with E-state index in [0.717, 1.165) is 33.1 Å². The third-order valence-electron chi connectivity index (χ3n) is 2.17.